The fourth-order valence-corrected chi connectivity index (χ4v) is 4.26. The number of halogens is 1. The minimum atomic E-state index is -0.321. The Labute approximate surface area is 157 Å². The van der Waals surface area contributed by atoms with Gasteiger partial charge in [-0.1, -0.05) is 12.1 Å². The second kappa shape index (κ2) is 6.51. The summed E-state index contributed by atoms with van der Waals surface area (Å²) in [6.07, 6.45) is 0. The molecule has 2 heterocycles. The van der Waals surface area contributed by atoms with Crippen LogP contribution in [0.3, 0.4) is 0 Å². The van der Waals surface area contributed by atoms with Gasteiger partial charge in [-0.05, 0) is 54.2 Å². The monoisotopic (exact) mass is 384 g/mol. The Kier molecular flexibility index (Phi) is 4.18. The van der Waals surface area contributed by atoms with Crippen LogP contribution in [-0.2, 0) is 0 Å². The van der Waals surface area contributed by atoms with Crippen molar-refractivity contribution in [3.63, 3.8) is 0 Å². The summed E-state index contributed by atoms with van der Waals surface area (Å²) in [5, 5.41) is 0. The first kappa shape index (κ1) is 16.7. The minimum Gasteiger partial charge on any atom is -0.497 e. The maximum absolute atomic E-state index is 13.3. The molecular formula is C19H13FN2O2S2. The summed E-state index contributed by atoms with van der Waals surface area (Å²) < 4.78 is 21.7. The highest BCUT2D eigenvalue weighted by atomic mass is 32.1. The zero-order valence-electron chi connectivity index (χ0n) is 13.7. The predicted octanol–water partition coefficient (Wildman–Crippen LogP) is 4.92. The van der Waals surface area contributed by atoms with Crippen LogP contribution in [0.15, 0.2) is 59.4 Å². The van der Waals surface area contributed by atoms with Gasteiger partial charge in [0.15, 0.2) is 3.95 Å². The molecule has 1 N–H and O–H groups in total. The average Bonchev–Trinajstić information content (AvgIpc) is 2.97. The number of fused-ring (bicyclic) bond motifs is 1. The van der Waals surface area contributed by atoms with E-state index in [-0.39, 0.29) is 11.4 Å². The van der Waals surface area contributed by atoms with E-state index in [1.54, 1.807) is 19.2 Å². The molecule has 0 saturated carbocycles. The number of thiazole rings is 1. The zero-order valence-corrected chi connectivity index (χ0v) is 15.3. The highest BCUT2D eigenvalue weighted by Crippen LogP contribution is 2.33. The molecule has 2 aromatic carbocycles. The summed E-state index contributed by atoms with van der Waals surface area (Å²) >= 11 is 6.94. The first-order chi connectivity index (χ1) is 12.6. The number of nitrogens with zero attached hydrogens (tertiary/aromatic N) is 1. The maximum atomic E-state index is 13.3. The molecule has 0 aliphatic heterocycles. The Bertz CT molecular complexity index is 1210. The fraction of sp³-hybridized carbons (Fsp3) is 0.0526. The van der Waals surface area contributed by atoms with Crippen LogP contribution in [-0.4, -0.2) is 16.7 Å². The summed E-state index contributed by atoms with van der Waals surface area (Å²) in [6.45, 7) is 0. The highest BCUT2D eigenvalue weighted by molar-refractivity contribution is 7.73. The van der Waals surface area contributed by atoms with Crippen LogP contribution < -0.4 is 10.3 Å². The molecule has 4 rings (SSSR count). The van der Waals surface area contributed by atoms with Gasteiger partial charge in [0.05, 0.1) is 11.8 Å². The summed E-state index contributed by atoms with van der Waals surface area (Å²) in [5.41, 5.74) is 2.70. The molecule has 0 aliphatic carbocycles. The van der Waals surface area contributed by atoms with E-state index in [1.807, 2.05) is 28.8 Å². The van der Waals surface area contributed by atoms with Crippen LogP contribution in [0.5, 0.6) is 5.75 Å². The number of benzene rings is 2. The predicted molar refractivity (Wildman–Crippen MR) is 105 cm³/mol. The number of rotatable bonds is 3. The number of H-pyrrole nitrogens is 1. The van der Waals surface area contributed by atoms with Gasteiger partial charge in [0.1, 0.15) is 17.2 Å². The average molecular weight is 384 g/mol. The lowest BCUT2D eigenvalue weighted by molar-refractivity contribution is 0.415. The van der Waals surface area contributed by atoms with Crippen molar-refractivity contribution in [2.24, 2.45) is 0 Å². The lowest BCUT2D eigenvalue weighted by atomic mass is 10.1. The second-order valence-corrected chi connectivity index (χ2v) is 7.28. The number of aromatic amines is 1. The van der Waals surface area contributed by atoms with E-state index in [0.29, 0.717) is 9.60 Å². The molecule has 0 radical (unpaired) electrons. The first-order valence-electron chi connectivity index (χ1n) is 7.76. The van der Waals surface area contributed by atoms with Gasteiger partial charge in [-0.15, -0.1) is 11.3 Å². The molecule has 2 aromatic heterocycles. The smallest absolute Gasteiger partial charge is 0.250 e. The Morgan fingerprint density at radius 3 is 2.46 bits per heavy atom. The van der Waals surface area contributed by atoms with Crippen molar-refractivity contribution in [1.82, 2.24) is 9.55 Å². The van der Waals surface area contributed by atoms with Crippen molar-refractivity contribution in [2.75, 3.05) is 7.11 Å². The highest BCUT2D eigenvalue weighted by Gasteiger charge is 2.14. The normalized spacial score (nSPS) is 11.0. The third-order valence-corrected chi connectivity index (χ3v) is 5.47. The van der Waals surface area contributed by atoms with Gasteiger partial charge in [-0.3, -0.25) is 9.36 Å². The Hall–Kier alpha value is -2.77. The number of aromatic nitrogens is 2. The number of hydrogen-bond donors (Lipinski definition) is 1. The van der Waals surface area contributed by atoms with E-state index >= 15 is 0 Å². The molecule has 0 atom stereocenters. The summed E-state index contributed by atoms with van der Waals surface area (Å²) in [7, 11) is 1.60. The fourth-order valence-electron chi connectivity index (χ4n) is 2.83. The van der Waals surface area contributed by atoms with Gasteiger partial charge >= 0.3 is 0 Å². The molecule has 4 aromatic rings. The quantitative estimate of drug-likeness (QED) is 0.510. The van der Waals surface area contributed by atoms with E-state index in [0.717, 1.165) is 27.3 Å². The Balaban J connectivity index is 1.99. The third-order valence-electron chi connectivity index (χ3n) is 4.06. The molecule has 7 heteroatoms. The van der Waals surface area contributed by atoms with E-state index in [4.69, 9.17) is 17.0 Å². The summed E-state index contributed by atoms with van der Waals surface area (Å²) in [6, 6.07) is 15.0. The van der Waals surface area contributed by atoms with Gasteiger partial charge in [0.2, 0.25) is 5.56 Å². The first-order valence-corrected chi connectivity index (χ1v) is 8.98. The summed E-state index contributed by atoms with van der Waals surface area (Å²) in [4.78, 5) is 15.1. The number of pyridine rings is 1. The number of methoxy groups -OCH3 is 1. The molecule has 26 heavy (non-hydrogen) atoms. The minimum absolute atomic E-state index is 0.244. The Morgan fingerprint density at radius 2 is 1.81 bits per heavy atom. The number of ether oxygens (including phenoxy) is 1. The van der Waals surface area contributed by atoms with E-state index < -0.39 is 0 Å². The van der Waals surface area contributed by atoms with E-state index in [2.05, 4.69) is 4.98 Å². The molecule has 0 spiro atoms. The van der Waals surface area contributed by atoms with Crippen molar-refractivity contribution < 1.29 is 9.13 Å². The van der Waals surface area contributed by atoms with E-state index in [9.17, 15) is 9.18 Å². The van der Waals surface area contributed by atoms with Crippen molar-refractivity contribution in [3.8, 4) is 22.6 Å². The van der Waals surface area contributed by atoms with Gasteiger partial charge in [0.25, 0.3) is 0 Å². The maximum Gasteiger partial charge on any atom is 0.250 e. The Morgan fingerprint density at radius 1 is 1.12 bits per heavy atom. The molecule has 0 fully saturated rings. The standard InChI is InChI=1S/C19H13FN2O2S2/c1-24-14-8-6-13(7-9-14)22-18-17(26-19(22)25)15(10-16(23)21-18)11-2-4-12(20)5-3-11/h2-10H,1H3,(H,21,23). The lowest BCUT2D eigenvalue weighted by Gasteiger charge is -2.07. The molecular weight excluding hydrogens is 371 g/mol. The van der Waals surface area contributed by atoms with Gasteiger partial charge < -0.3 is 9.72 Å². The van der Waals surface area contributed by atoms with Crippen LogP contribution in [0.4, 0.5) is 4.39 Å². The number of nitrogens with one attached hydrogen (secondary N) is 1. The van der Waals surface area contributed by atoms with Crippen LogP contribution in [0.25, 0.3) is 27.2 Å². The van der Waals surface area contributed by atoms with Crippen LogP contribution >= 0.6 is 23.6 Å². The van der Waals surface area contributed by atoms with E-state index in [1.165, 1.54) is 29.5 Å². The molecule has 0 saturated heterocycles. The van der Waals surface area contributed by atoms with Crippen LogP contribution in [0.2, 0.25) is 0 Å². The molecule has 130 valence electrons. The van der Waals surface area contributed by atoms with Crippen molar-refractivity contribution >= 4 is 33.9 Å². The van der Waals surface area contributed by atoms with Gasteiger partial charge in [-0.2, -0.15) is 0 Å². The van der Waals surface area contributed by atoms with Crippen molar-refractivity contribution in [3.05, 3.63) is 74.7 Å². The molecule has 4 nitrogen and oxygen atoms in total. The third kappa shape index (κ3) is 2.85. The number of hydrogen-bond acceptors (Lipinski definition) is 4. The van der Waals surface area contributed by atoms with Crippen LogP contribution in [0.1, 0.15) is 0 Å². The SMILES string of the molecule is COc1ccc(-n2c(=S)sc3c(-c4ccc(F)cc4)cc(=O)[nH]c32)cc1. The zero-order chi connectivity index (χ0) is 18.3. The molecule has 0 amide bonds. The molecule has 0 unspecified atom stereocenters. The molecule has 0 aliphatic rings. The van der Waals surface area contributed by atoms with Crippen LogP contribution in [0, 0.1) is 9.77 Å². The van der Waals surface area contributed by atoms with Crippen molar-refractivity contribution in [1.29, 1.82) is 0 Å². The van der Waals surface area contributed by atoms with Gasteiger partial charge in [-0.25, -0.2) is 4.39 Å². The van der Waals surface area contributed by atoms with Gasteiger partial charge in [0, 0.05) is 17.3 Å². The lowest BCUT2D eigenvalue weighted by Crippen LogP contribution is -2.07. The topological polar surface area (TPSA) is 47.0 Å². The molecule has 0 bridgehead atoms. The summed E-state index contributed by atoms with van der Waals surface area (Å²) in [5.74, 6) is 0.415. The second-order valence-electron chi connectivity index (χ2n) is 5.63. The largest absolute Gasteiger partial charge is 0.497 e. The van der Waals surface area contributed by atoms with Crippen molar-refractivity contribution in [2.45, 2.75) is 0 Å².